The number of rotatable bonds is 5. The van der Waals surface area contributed by atoms with Crippen LogP contribution >= 0.6 is 0 Å². The van der Waals surface area contributed by atoms with E-state index in [0.717, 1.165) is 29.9 Å². The number of carbonyl (C=O) groups is 2. The van der Waals surface area contributed by atoms with Gasteiger partial charge in [0.25, 0.3) is 11.8 Å². The average molecular weight is 575 g/mol. The van der Waals surface area contributed by atoms with E-state index >= 15 is 0 Å². The Morgan fingerprint density at radius 2 is 1.66 bits per heavy atom. The Kier molecular flexibility index (Phi) is 7.46. The second kappa shape index (κ2) is 10.6. The monoisotopic (exact) mass is 574 g/mol. The normalized spacial score (nSPS) is 17.2. The van der Waals surface area contributed by atoms with Crippen molar-refractivity contribution in [2.24, 2.45) is 0 Å². The second-order valence-corrected chi connectivity index (χ2v) is 14.2. The fourth-order valence-corrected chi connectivity index (χ4v) is 6.83. The molecule has 41 heavy (non-hydrogen) atoms. The predicted molar refractivity (Wildman–Crippen MR) is 163 cm³/mol. The van der Waals surface area contributed by atoms with Gasteiger partial charge in [-0.15, -0.1) is 0 Å². The number of sulfone groups is 1. The first kappa shape index (κ1) is 28.8. The lowest BCUT2D eigenvalue weighted by molar-refractivity contribution is -0.110. The Morgan fingerprint density at radius 3 is 2.29 bits per heavy atom. The van der Waals surface area contributed by atoms with Crippen molar-refractivity contribution in [3.8, 4) is 0 Å². The number of aromatic nitrogens is 1. The first-order chi connectivity index (χ1) is 19.2. The van der Waals surface area contributed by atoms with Crippen LogP contribution in [0.25, 0.3) is 11.6 Å². The number of piperazine rings is 1. The van der Waals surface area contributed by atoms with E-state index in [1.807, 2.05) is 50.1 Å². The molecule has 3 aromatic rings. The molecule has 2 aromatic carbocycles. The van der Waals surface area contributed by atoms with Gasteiger partial charge >= 0.3 is 0 Å². The molecule has 3 heterocycles. The molecule has 5 rings (SSSR count). The number of carbonyl (C=O) groups excluding carboxylic acids is 2. The Hall–Kier alpha value is -3.69. The summed E-state index contributed by atoms with van der Waals surface area (Å²) in [6, 6.07) is 12.4. The summed E-state index contributed by atoms with van der Waals surface area (Å²) in [5, 5.41) is 2.84. The maximum atomic E-state index is 13.4. The molecule has 216 valence electrons. The Labute approximate surface area is 242 Å². The van der Waals surface area contributed by atoms with E-state index in [4.69, 9.17) is 0 Å². The van der Waals surface area contributed by atoms with Gasteiger partial charge in [0.05, 0.1) is 21.8 Å². The highest BCUT2D eigenvalue weighted by molar-refractivity contribution is 7.90. The molecular formula is C32H38N4O4S. The minimum Gasteiger partial charge on any atom is -0.358 e. The minimum atomic E-state index is -3.66. The Morgan fingerprint density at radius 1 is 1.00 bits per heavy atom. The lowest BCUT2D eigenvalue weighted by Crippen LogP contribution is -2.47. The van der Waals surface area contributed by atoms with Crippen LogP contribution in [0.3, 0.4) is 0 Å². The summed E-state index contributed by atoms with van der Waals surface area (Å²) in [6.07, 6.45) is 1.71. The number of likely N-dealkylation sites (N-methyl/N-ethyl adjacent to an activating group) is 1. The zero-order chi connectivity index (χ0) is 29.7. The van der Waals surface area contributed by atoms with Crippen molar-refractivity contribution in [2.75, 3.05) is 38.5 Å². The van der Waals surface area contributed by atoms with E-state index in [2.05, 4.69) is 36.0 Å². The molecule has 9 heteroatoms. The van der Waals surface area contributed by atoms with Crippen LogP contribution in [-0.4, -0.2) is 68.2 Å². The topological polar surface area (TPSA) is 103 Å². The zero-order valence-electron chi connectivity index (χ0n) is 24.6. The quantitative estimate of drug-likeness (QED) is 0.427. The van der Waals surface area contributed by atoms with Crippen molar-refractivity contribution >= 4 is 39.0 Å². The van der Waals surface area contributed by atoms with Crippen LogP contribution in [0.1, 0.15) is 64.8 Å². The van der Waals surface area contributed by atoms with Gasteiger partial charge < -0.3 is 20.1 Å². The standard InChI is InChI=1S/C32H38N4O4S/c1-20-28(33-21(2)29(20)31(38)36-15-13-35(6)14-16-36)18-26-25-17-24(11-12-27(25)34-30(26)37)41(39,40)19-22-7-9-23(10-8-22)32(3,4)5/h7-12,17-18,33H,13-16,19H2,1-6H3,(H,34,37). The van der Waals surface area contributed by atoms with Crippen molar-refractivity contribution in [3.63, 3.8) is 0 Å². The highest BCUT2D eigenvalue weighted by Gasteiger charge is 2.29. The summed E-state index contributed by atoms with van der Waals surface area (Å²) in [4.78, 5) is 33.8. The number of aromatic amines is 1. The fourth-order valence-electron chi connectivity index (χ4n) is 5.46. The van der Waals surface area contributed by atoms with Crippen LogP contribution in [0, 0.1) is 13.8 Å². The number of fused-ring (bicyclic) bond motifs is 1. The molecule has 2 amide bonds. The molecule has 2 N–H and O–H groups in total. The summed E-state index contributed by atoms with van der Waals surface area (Å²) in [7, 11) is -1.62. The highest BCUT2D eigenvalue weighted by Crippen LogP contribution is 2.36. The van der Waals surface area contributed by atoms with Crippen molar-refractivity contribution in [1.29, 1.82) is 0 Å². The lowest BCUT2D eigenvalue weighted by atomic mass is 9.87. The van der Waals surface area contributed by atoms with Crippen LogP contribution in [-0.2, 0) is 25.8 Å². The third-order valence-electron chi connectivity index (χ3n) is 8.08. The van der Waals surface area contributed by atoms with Gasteiger partial charge in [-0.2, -0.15) is 0 Å². The van der Waals surface area contributed by atoms with Crippen LogP contribution in [0.5, 0.6) is 0 Å². The SMILES string of the molecule is Cc1[nH]c(C=C2C(=O)Nc3ccc(S(=O)(=O)Cc4ccc(C(C)(C)C)cc4)cc32)c(C)c1C(=O)N1CCN(C)CC1. The third kappa shape index (κ3) is 5.74. The first-order valence-electron chi connectivity index (χ1n) is 13.9. The summed E-state index contributed by atoms with van der Waals surface area (Å²) < 4.78 is 26.8. The van der Waals surface area contributed by atoms with E-state index in [1.54, 1.807) is 18.2 Å². The van der Waals surface area contributed by atoms with Crippen LogP contribution < -0.4 is 5.32 Å². The minimum absolute atomic E-state index is 0.0193. The number of nitrogens with one attached hydrogen (secondary N) is 2. The van der Waals surface area contributed by atoms with E-state index in [1.165, 1.54) is 6.07 Å². The number of H-pyrrole nitrogens is 1. The molecule has 0 aliphatic carbocycles. The average Bonchev–Trinajstić information content (AvgIpc) is 3.37. The number of aryl methyl sites for hydroxylation is 1. The largest absolute Gasteiger partial charge is 0.358 e. The van der Waals surface area contributed by atoms with Gasteiger partial charge in [-0.3, -0.25) is 9.59 Å². The number of benzene rings is 2. The van der Waals surface area contributed by atoms with Crippen LogP contribution in [0.4, 0.5) is 5.69 Å². The second-order valence-electron chi connectivity index (χ2n) is 12.2. The van der Waals surface area contributed by atoms with E-state index in [0.29, 0.717) is 46.7 Å². The number of nitrogens with zero attached hydrogens (tertiary/aromatic N) is 2. The summed E-state index contributed by atoms with van der Waals surface area (Å²) in [5.41, 5.74) is 6.05. The molecule has 1 saturated heterocycles. The molecule has 8 nitrogen and oxygen atoms in total. The van der Waals surface area contributed by atoms with Crippen molar-refractivity contribution in [1.82, 2.24) is 14.8 Å². The van der Waals surface area contributed by atoms with Gasteiger partial charge in [-0.05, 0) is 67.3 Å². The van der Waals surface area contributed by atoms with E-state index < -0.39 is 9.84 Å². The first-order valence-corrected chi connectivity index (χ1v) is 15.6. The predicted octanol–water partition coefficient (Wildman–Crippen LogP) is 4.78. The number of anilines is 1. The molecule has 0 unspecified atom stereocenters. The van der Waals surface area contributed by atoms with E-state index in [9.17, 15) is 18.0 Å². The zero-order valence-corrected chi connectivity index (χ0v) is 25.4. The summed E-state index contributed by atoms with van der Waals surface area (Å²) in [6.45, 7) is 13.1. The highest BCUT2D eigenvalue weighted by atomic mass is 32.2. The van der Waals surface area contributed by atoms with Gasteiger partial charge in [-0.1, -0.05) is 45.0 Å². The van der Waals surface area contributed by atoms with Gasteiger partial charge in [0.15, 0.2) is 9.84 Å². The molecule has 0 bridgehead atoms. The molecule has 2 aliphatic rings. The number of hydrogen-bond donors (Lipinski definition) is 2. The van der Waals surface area contributed by atoms with Gasteiger partial charge in [-0.25, -0.2) is 8.42 Å². The maximum Gasteiger partial charge on any atom is 0.256 e. The van der Waals surface area contributed by atoms with Crippen molar-refractivity contribution in [2.45, 2.75) is 50.7 Å². The number of amides is 2. The number of hydrogen-bond acceptors (Lipinski definition) is 5. The van der Waals surface area contributed by atoms with Crippen molar-refractivity contribution < 1.29 is 18.0 Å². The molecular weight excluding hydrogens is 536 g/mol. The van der Waals surface area contributed by atoms with Crippen LogP contribution in [0.15, 0.2) is 47.4 Å². The fraction of sp³-hybridized carbons (Fsp3) is 0.375. The molecule has 0 radical (unpaired) electrons. The Bertz CT molecular complexity index is 1650. The summed E-state index contributed by atoms with van der Waals surface area (Å²) in [5.74, 6) is -0.469. The molecule has 1 fully saturated rings. The lowest BCUT2D eigenvalue weighted by Gasteiger charge is -2.32. The maximum absolute atomic E-state index is 13.4. The van der Waals surface area contributed by atoms with Gasteiger partial charge in [0.1, 0.15) is 0 Å². The van der Waals surface area contributed by atoms with Gasteiger partial charge in [0, 0.05) is 48.8 Å². The van der Waals surface area contributed by atoms with Crippen LogP contribution in [0.2, 0.25) is 0 Å². The molecule has 0 spiro atoms. The summed E-state index contributed by atoms with van der Waals surface area (Å²) >= 11 is 0. The third-order valence-corrected chi connectivity index (χ3v) is 9.76. The molecule has 0 atom stereocenters. The smallest absolute Gasteiger partial charge is 0.256 e. The van der Waals surface area contributed by atoms with Gasteiger partial charge in [0.2, 0.25) is 0 Å². The molecule has 0 saturated carbocycles. The molecule has 2 aliphatic heterocycles. The molecule has 1 aromatic heterocycles. The van der Waals surface area contributed by atoms with E-state index in [-0.39, 0.29) is 27.9 Å². The Balaban J connectivity index is 1.43. The van der Waals surface area contributed by atoms with Crippen molar-refractivity contribution in [3.05, 3.63) is 81.7 Å².